The molecular weight excluding hydrogens is 207 g/mol. The van der Waals surface area contributed by atoms with Gasteiger partial charge in [-0.05, 0) is 11.8 Å². The Hall–Kier alpha value is -1.63. The van der Waals surface area contributed by atoms with Crippen LogP contribution in [0, 0.1) is 17.3 Å². The van der Waals surface area contributed by atoms with Crippen LogP contribution in [0.2, 0.25) is 0 Å². The van der Waals surface area contributed by atoms with E-state index in [2.05, 4.69) is 4.98 Å². The lowest BCUT2D eigenvalue weighted by molar-refractivity contribution is 0.465. The van der Waals surface area contributed by atoms with Crippen molar-refractivity contribution in [2.45, 2.75) is 39.5 Å². The van der Waals surface area contributed by atoms with Crippen LogP contribution in [0.15, 0.2) is 6.20 Å². The van der Waals surface area contributed by atoms with Crippen LogP contribution >= 0.6 is 0 Å². The number of ether oxygens (including phenoxy) is 1. The molecule has 1 heterocycles. The molecule has 0 amide bonds. The lowest BCUT2D eigenvalue weighted by Gasteiger charge is -2.16. The zero-order chi connectivity index (χ0) is 12.3. The van der Waals surface area contributed by atoms with Crippen LogP contribution in [0.25, 0.3) is 0 Å². The van der Waals surface area contributed by atoms with Gasteiger partial charge >= 0.3 is 0 Å². The molecule has 0 N–H and O–H groups in total. The molecule has 0 bridgehead atoms. The quantitative estimate of drug-likeness (QED) is 0.737. The second-order valence-electron chi connectivity index (χ2n) is 4.24. The number of halogens is 1. The summed E-state index contributed by atoms with van der Waals surface area (Å²) < 4.78 is 18.5. The van der Waals surface area contributed by atoms with Crippen LogP contribution in [-0.4, -0.2) is 4.98 Å². The van der Waals surface area contributed by atoms with E-state index in [9.17, 15) is 4.39 Å². The van der Waals surface area contributed by atoms with Crippen molar-refractivity contribution in [1.29, 1.82) is 5.26 Å². The van der Waals surface area contributed by atoms with E-state index in [-0.39, 0.29) is 17.6 Å². The lowest BCUT2D eigenvalue weighted by atomic mass is 9.98. The Morgan fingerprint density at radius 1 is 1.31 bits per heavy atom. The number of nitrogens with zero attached hydrogens (tertiary/aromatic N) is 2. The third-order valence-corrected chi connectivity index (χ3v) is 2.32. The van der Waals surface area contributed by atoms with Crippen LogP contribution in [0.4, 0.5) is 4.39 Å². The van der Waals surface area contributed by atoms with Gasteiger partial charge in [0.05, 0.1) is 11.9 Å². The highest BCUT2D eigenvalue weighted by atomic mass is 19.1. The van der Waals surface area contributed by atoms with Crippen molar-refractivity contribution in [3.8, 4) is 12.0 Å². The van der Waals surface area contributed by atoms with Gasteiger partial charge in [-0.3, -0.25) is 4.98 Å². The molecule has 0 aliphatic rings. The number of hydrogen-bond acceptors (Lipinski definition) is 3. The lowest BCUT2D eigenvalue weighted by Crippen LogP contribution is -2.05. The van der Waals surface area contributed by atoms with Crippen LogP contribution in [0.5, 0.6) is 5.75 Å². The van der Waals surface area contributed by atoms with Crippen LogP contribution in [0.1, 0.15) is 50.8 Å². The summed E-state index contributed by atoms with van der Waals surface area (Å²) >= 11 is 0. The van der Waals surface area contributed by atoms with Gasteiger partial charge in [0.1, 0.15) is 5.82 Å². The van der Waals surface area contributed by atoms with Gasteiger partial charge in [0, 0.05) is 5.56 Å². The Morgan fingerprint density at radius 3 is 2.38 bits per heavy atom. The van der Waals surface area contributed by atoms with E-state index < -0.39 is 5.82 Å². The minimum atomic E-state index is -0.426. The predicted octanol–water partition coefficient (Wildman–Crippen LogP) is 3.33. The molecule has 4 heteroatoms. The van der Waals surface area contributed by atoms with Gasteiger partial charge in [0.2, 0.25) is 0 Å². The first-order valence-electron chi connectivity index (χ1n) is 5.23. The molecule has 0 spiro atoms. The highest BCUT2D eigenvalue weighted by Crippen LogP contribution is 2.34. The highest BCUT2D eigenvalue weighted by molar-refractivity contribution is 5.42. The fourth-order valence-corrected chi connectivity index (χ4v) is 1.60. The van der Waals surface area contributed by atoms with E-state index >= 15 is 0 Å². The van der Waals surface area contributed by atoms with E-state index in [0.29, 0.717) is 11.3 Å². The zero-order valence-corrected chi connectivity index (χ0v) is 9.91. The normalized spacial score (nSPS) is 10.6. The second-order valence-corrected chi connectivity index (χ2v) is 4.24. The van der Waals surface area contributed by atoms with Gasteiger partial charge in [-0.15, -0.1) is 5.26 Å². The molecule has 0 aromatic carbocycles. The molecule has 0 radical (unpaired) electrons. The molecule has 0 unspecified atom stereocenters. The number of pyridine rings is 1. The Morgan fingerprint density at radius 2 is 1.94 bits per heavy atom. The molecule has 0 aliphatic heterocycles. The zero-order valence-electron chi connectivity index (χ0n) is 9.91. The minimum Gasteiger partial charge on any atom is -0.386 e. The number of nitriles is 1. The van der Waals surface area contributed by atoms with E-state index in [1.807, 2.05) is 27.7 Å². The largest absolute Gasteiger partial charge is 0.386 e. The number of aromatic nitrogens is 1. The monoisotopic (exact) mass is 222 g/mol. The standard InChI is InChI=1S/C12H15FN2O/c1-7(2)10-9(13)5-15-11(8(3)4)12(10)16-6-14/h5,7-8H,1-4H3. The van der Waals surface area contributed by atoms with Crippen molar-refractivity contribution in [1.82, 2.24) is 4.98 Å². The first kappa shape index (κ1) is 12.4. The molecule has 16 heavy (non-hydrogen) atoms. The van der Waals surface area contributed by atoms with E-state index in [1.54, 1.807) is 6.26 Å². The Labute approximate surface area is 94.9 Å². The molecule has 86 valence electrons. The predicted molar refractivity (Wildman–Crippen MR) is 58.6 cm³/mol. The van der Waals surface area contributed by atoms with Gasteiger partial charge in [-0.1, -0.05) is 27.7 Å². The maximum Gasteiger partial charge on any atom is 0.292 e. The summed E-state index contributed by atoms with van der Waals surface area (Å²) in [5.41, 5.74) is 1.03. The van der Waals surface area contributed by atoms with Crippen molar-refractivity contribution in [2.24, 2.45) is 0 Å². The first-order valence-corrected chi connectivity index (χ1v) is 5.23. The Bertz CT molecular complexity index is 422. The molecule has 0 saturated heterocycles. The van der Waals surface area contributed by atoms with Crippen molar-refractivity contribution in [3.05, 3.63) is 23.3 Å². The maximum atomic E-state index is 13.6. The molecule has 0 fully saturated rings. The number of hydrogen-bond donors (Lipinski definition) is 0. The average molecular weight is 222 g/mol. The first-order chi connectivity index (χ1) is 7.49. The third kappa shape index (κ3) is 2.30. The SMILES string of the molecule is CC(C)c1ncc(F)c(C(C)C)c1OC#N. The highest BCUT2D eigenvalue weighted by Gasteiger charge is 2.21. The molecule has 0 saturated carbocycles. The summed E-state index contributed by atoms with van der Waals surface area (Å²) in [6.07, 6.45) is 2.78. The van der Waals surface area contributed by atoms with Crippen molar-refractivity contribution >= 4 is 0 Å². The summed E-state index contributed by atoms with van der Waals surface area (Å²) in [6.45, 7) is 7.56. The summed E-state index contributed by atoms with van der Waals surface area (Å²) in [5, 5.41) is 8.60. The Balaban J connectivity index is 3.44. The summed E-state index contributed by atoms with van der Waals surface area (Å²) in [7, 11) is 0. The molecule has 1 rings (SSSR count). The fourth-order valence-electron chi connectivity index (χ4n) is 1.60. The Kier molecular flexibility index (Phi) is 3.83. The molecule has 0 atom stereocenters. The van der Waals surface area contributed by atoms with Crippen molar-refractivity contribution in [2.75, 3.05) is 0 Å². The van der Waals surface area contributed by atoms with Gasteiger partial charge < -0.3 is 4.74 Å². The summed E-state index contributed by atoms with van der Waals surface area (Å²) in [4.78, 5) is 3.99. The van der Waals surface area contributed by atoms with E-state index in [4.69, 9.17) is 10.00 Å². The van der Waals surface area contributed by atoms with Crippen LogP contribution < -0.4 is 4.74 Å². The van der Waals surface area contributed by atoms with Gasteiger partial charge in [-0.2, -0.15) is 0 Å². The minimum absolute atomic E-state index is 0.0520. The fraction of sp³-hybridized carbons (Fsp3) is 0.500. The van der Waals surface area contributed by atoms with E-state index in [1.165, 1.54) is 6.20 Å². The van der Waals surface area contributed by atoms with Crippen molar-refractivity contribution in [3.63, 3.8) is 0 Å². The van der Waals surface area contributed by atoms with Crippen LogP contribution in [0.3, 0.4) is 0 Å². The van der Waals surface area contributed by atoms with Gasteiger partial charge in [0.25, 0.3) is 6.26 Å². The van der Waals surface area contributed by atoms with Gasteiger partial charge in [-0.25, -0.2) is 4.39 Å². The molecule has 3 nitrogen and oxygen atoms in total. The van der Waals surface area contributed by atoms with E-state index in [0.717, 1.165) is 0 Å². The van der Waals surface area contributed by atoms with Crippen molar-refractivity contribution < 1.29 is 9.13 Å². The third-order valence-electron chi connectivity index (χ3n) is 2.32. The second kappa shape index (κ2) is 4.93. The maximum absolute atomic E-state index is 13.6. The molecular formula is C12H15FN2O. The molecule has 1 aromatic rings. The van der Waals surface area contributed by atoms with Crippen LogP contribution in [-0.2, 0) is 0 Å². The average Bonchev–Trinajstić information content (AvgIpc) is 2.17. The smallest absolute Gasteiger partial charge is 0.292 e. The summed E-state index contributed by atoms with van der Waals surface area (Å²) in [5.74, 6) is -0.123. The molecule has 1 aromatic heterocycles. The number of rotatable bonds is 3. The van der Waals surface area contributed by atoms with Gasteiger partial charge in [0.15, 0.2) is 5.75 Å². The summed E-state index contributed by atoms with van der Waals surface area (Å²) in [6, 6.07) is 0. The molecule has 0 aliphatic carbocycles. The topological polar surface area (TPSA) is 45.9 Å².